The van der Waals surface area contributed by atoms with Gasteiger partial charge in [0.25, 0.3) is 0 Å². The van der Waals surface area contributed by atoms with Gasteiger partial charge < -0.3 is 21.3 Å². The van der Waals surface area contributed by atoms with E-state index in [9.17, 15) is 5.11 Å². The molecule has 5 N–H and O–H groups in total. The largest absolute Gasteiger partial charge is 0.507 e. The molecule has 0 amide bonds. The summed E-state index contributed by atoms with van der Waals surface area (Å²) >= 11 is 0. The summed E-state index contributed by atoms with van der Waals surface area (Å²) in [5.41, 5.74) is 14.5. The second-order valence-electron chi connectivity index (χ2n) is 5.62. The number of hydrogen-bond acceptors (Lipinski definition) is 6. The van der Waals surface area contributed by atoms with Gasteiger partial charge in [-0.1, -0.05) is 27.7 Å². The van der Waals surface area contributed by atoms with Crippen molar-refractivity contribution in [3.8, 4) is 11.5 Å². The molecule has 0 spiro atoms. The van der Waals surface area contributed by atoms with E-state index in [4.69, 9.17) is 16.2 Å². The van der Waals surface area contributed by atoms with Crippen LogP contribution in [-0.4, -0.2) is 30.2 Å². The molecule has 0 bridgehead atoms. The normalized spacial score (nSPS) is 16.3. The predicted octanol–water partition coefficient (Wildman–Crippen LogP) is 3.75. The lowest BCUT2D eigenvalue weighted by atomic mass is 10.0. The number of phenolic OH excluding ortho intramolecular Hbond substituents is 1. The van der Waals surface area contributed by atoms with E-state index in [0.717, 1.165) is 18.5 Å². The molecule has 3 rings (SSSR count). The average molecular weight is 373 g/mol. The van der Waals surface area contributed by atoms with Gasteiger partial charge in [-0.15, -0.1) is 0 Å². The van der Waals surface area contributed by atoms with Gasteiger partial charge in [0.2, 0.25) is 0 Å². The van der Waals surface area contributed by atoms with E-state index in [1.54, 1.807) is 31.4 Å². The van der Waals surface area contributed by atoms with Crippen LogP contribution in [0.3, 0.4) is 0 Å². The minimum Gasteiger partial charge on any atom is -0.507 e. The smallest absolute Gasteiger partial charge is 0.128 e. The molecule has 1 saturated carbocycles. The first kappa shape index (κ1) is 22.3. The van der Waals surface area contributed by atoms with Crippen LogP contribution in [0.5, 0.6) is 11.5 Å². The van der Waals surface area contributed by atoms with Crippen LogP contribution in [0.25, 0.3) is 0 Å². The van der Waals surface area contributed by atoms with Crippen molar-refractivity contribution in [2.75, 3.05) is 13.7 Å². The summed E-state index contributed by atoms with van der Waals surface area (Å²) < 4.78 is 5.12. The van der Waals surface area contributed by atoms with Gasteiger partial charge in [-0.2, -0.15) is 0 Å². The molecule has 6 nitrogen and oxygen atoms in total. The fourth-order valence-electron chi connectivity index (χ4n) is 2.40. The number of aliphatic imine (C=N–C) groups is 2. The van der Waals surface area contributed by atoms with Crippen molar-refractivity contribution >= 4 is 11.4 Å². The zero-order chi connectivity index (χ0) is 20.4. The fraction of sp³-hybridized carbons (Fsp3) is 0.429. The highest BCUT2D eigenvalue weighted by Crippen LogP contribution is 2.34. The van der Waals surface area contributed by atoms with E-state index >= 15 is 0 Å². The number of methoxy groups -OCH3 is 1. The van der Waals surface area contributed by atoms with E-state index in [-0.39, 0.29) is 5.75 Å². The Morgan fingerprint density at radius 2 is 1.89 bits per heavy atom. The molecular weight excluding hydrogens is 340 g/mol. The standard InChI is InChI=1S/C17H20N4O2.2C2H6/c1-23-11-4-5-12(15(22)8-11)17-14(9-13(18)10-2-3-10)21-16(19)6-7-20-17;2*1-2/h4-6,8-10,22H,2-3,7,18-19H2,1H3;2*1-2H3/b13-9-;;. The van der Waals surface area contributed by atoms with Crippen LogP contribution < -0.4 is 16.2 Å². The van der Waals surface area contributed by atoms with Gasteiger partial charge in [0.15, 0.2) is 0 Å². The molecule has 148 valence electrons. The molecule has 6 heteroatoms. The summed E-state index contributed by atoms with van der Waals surface area (Å²) in [6.45, 7) is 8.40. The number of nitrogens with zero attached hydrogens (tertiary/aromatic N) is 2. The van der Waals surface area contributed by atoms with E-state index in [2.05, 4.69) is 9.98 Å². The van der Waals surface area contributed by atoms with Gasteiger partial charge in [0.1, 0.15) is 17.3 Å². The lowest BCUT2D eigenvalue weighted by Gasteiger charge is -2.10. The molecule has 0 aromatic heterocycles. The molecular formula is C21H32N4O2. The number of aromatic hydroxyl groups is 1. The molecule has 0 saturated heterocycles. The Morgan fingerprint density at radius 1 is 1.22 bits per heavy atom. The van der Waals surface area contributed by atoms with Gasteiger partial charge in [0.05, 0.1) is 25.1 Å². The first-order valence-electron chi connectivity index (χ1n) is 9.52. The van der Waals surface area contributed by atoms with Crippen LogP contribution in [0, 0.1) is 5.92 Å². The van der Waals surface area contributed by atoms with Gasteiger partial charge in [0, 0.05) is 17.3 Å². The van der Waals surface area contributed by atoms with Crippen LogP contribution in [-0.2, 0) is 0 Å². The summed E-state index contributed by atoms with van der Waals surface area (Å²) in [5, 5.41) is 10.3. The molecule has 27 heavy (non-hydrogen) atoms. The average Bonchev–Trinajstić information content (AvgIpc) is 3.54. The Morgan fingerprint density at radius 3 is 2.44 bits per heavy atom. The van der Waals surface area contributed by atoms with Gasteiger partial charge >= 0.3 is 0 Å². The summed E-state index contributed by atoms with van der Waals surface area (Å²) in [6.07, 6.45) is 5.74. The van der Waals surface area contributed by atoms with E-state index in [1.165, 1.54) is 0 Å². The van der Waals surface area contributed by atoms with E-state index in [0.29, 0.717) is 41.0 Å². The SMILES string of the molecule is CC.CC.COc1ccc(C2=NCC=C(N)N=C2/C=C(\N)C2CC2)c(O)c1. The molecule has 1 aliphatic carbocycles. The molecule has 1 aromatic carbocycles. The molecule has 1 aliphatic heterocycles. The highest BCUT2D eigenvalue weighted by atomic mass is 16.5. The van der Waals surface area contributed by atoms with Crippen molar-refractivity contribution in [2.45, 2.75) is 40.5 Å². The monoisotopic (exact) mass is 372 g/mol. The van der Waals surface area contributed by atoms with Crippen LogP contribution >= 0.6 is 0 Å². The van der Waals surface area contributed by atoms with Gasteiger partial charge in [-0.3, -0.25) is 4.99 Å². The van der Waals surface area contributed by atoms with E-state index < -0.39 is 0 Å². The van der Waals surface area contributed by atoms with Crippen molar-refractivity contribution in [3.63, 3.8) is 0 Å². The quantitative estimate of drug-likeness (QED) is 0.748. The molecule has 0 unspecified atom stereocenters. The third kappa shape index (κ3) is 6.16. The van der Waals surface area contributed by atoms with E-state index in [1.807, 2.05) is 33.8 Å². The highest BCUT2D eigenvalue weighted by molar-refractivity contribution is 6.52. The molecule has 1 aromatic rings. The lowest BCUT2D eigenvalue weighted by Crippen LogP contribution is -2.17. The summed E-state index contributed by atoms with van der Waals surface area (Å²) in [6, 6.07) is 5.07. The van der Waals surface area contributed by atoms with Crippen molar-refractivity contribution in [1.82, 2.24) is 0 Å². The molecule has 2 aliphatic rings. The number of ether oxygens (including phenoxy) is 1. The molecule has 0 radical (unpaired) electrons. The lowest BCUT2D eigenvalue weighted by molar-refractivity contribution is 0.407. The minimum atomic E-state index is 0.0784. The number of nitrogens with two attached hydrogens (primary N) is 2. The van der Waals surface area contributed by atoms with Crippen LogP contribution in [0.15, 0.2) is 51.9 Å². The van der Waals surface area contributed by atoms with Crippen molar-refractivity contribution < 1.29 is 9.84 Å². The maximum absolute atomic E-state index is 10.3. The first-order chi connectivity index (χ1) is 13.1. The van der Waals surface area contributed by atoms with Crippen molar-refractivity contribution in [1.29, 1.82) is 0 Å². The highest BCUT2D eigenvalue weighted by Gasteiger charge is 2.25. The van der Waals surface area contributed by atoms with Crippen LogP contribution in [0.2, 0.25) is 0 Å². The Labute approximate surface area is 162 Å². The molecule has 0 atom stereocenters. The maximum atomic E-state index is 10.3. The first-order valence-corrected chi connectivity index (χ1v) is 9.52. The van der Waals surface area contributed by atoms with Crippen LogP contribution in [0.1, 0.15) is 46.1 Å². The van der Waals surface area contributed by atoms with Crippen molar-refractivity contribution in [2.24, 2.45) is 27.4 Å². The molecule has 1 heterocycles. The van der Waals surface area contributed by atoms with Crippen LogP contribution in [0.4, 0.5) is 0 Å². The third-order valence-electron chi connectivity index (χ3n) is 3.85. The molecule has 1 fully saturated rings. The third-order valence-corrected chi connectivity index (χ3v) is 3.85. The summed E-state index contributed by atoms with van der Waals surface area (Å²) in [4.78, 5) is 8.90. The topological polar surface area (TPSA) is 106 Å². The number of phenols is 1. The Bertz CT molecular complexity index is 745. The fourth-order valence-corrected chi connectivity index (χ4v) is 2.40. The number of benzene rings is 1. The Balaban J connectivity index is 0.000000855. The zero-order valence-corrected chi connectivity index (χ0v) is 17.0. The number of hydrogen-bond donors (Lipinski definition) is 3. The second kappa shape index (κ2) is 11.1. The minimum absolute atomic E-state index is 0.0784. The number of rotatable bonds is 4. The van der Waals surface area contributed by atoms with Gasteiger partial charge in [-0.25, -0.2) is 4.99 Å². The Hall–Kier alpha value is -2.76. The maximum Gasteiger partial charge on any atom is 0.128 e. The summed E-state index contributed by atoms with van der Waals surface area (Å²) in [7, 11) is 1.55. The Kier molecular flexibility index (Phi) is 9.13. The number of allylic oxidation sites excluding steroid dienone is 2. The predicted molar refractivity (Wildman–Crippen MR) is 113 cm³/mol. The van der Waals surface area contributed by atoms with Crippen molar-refractivity contribution in [3.05, 3.63) is 47.4 Å². The zero-order valence-electron chi connectivity index (χ0n) is 17.0. The summed E-state index contributed by atoms with van der Waals surface area (Å²) in [5.74, 6) is 1.46. The second-order valence-corrected chi connectivity index (χ2v) is 5.62. The van der Waals surface area contributed by atoms with Gasteiger partial charge in [-0.05, 0) is 43.0 Å².